The maximum atomic E-state index is 9.71. The Morgan fingerprint density at radius 1 is 1.50 bits per heavy atom. The highest BCUT2D eigenvalue weighted by Crippen LogP contribution is 2.52. The van der Waals surface area contributed by atoms with E-state index in [1.54, 1.807) is 6.92 Å². The van der Waals surface area contributed by atoms with Crippen molar-refractivity contribution in [3.05, 3.63) is 0 Å². The van der Waals surface area contributed by atoms with Crippen LogP contribution in [0.15, 0.2) is 0 Å². The fourth-order valence-electron chi connectivity index (χ4n) is 1.33. The van der Waals surface area contributed by atoms with Crippen molar-refractivity contribution in [3.63, 3.8) is 0 Å². The fourth-order valence-corrected chi connectivity index (χ4v) is 1.33. The van der Waals surface area contributed by atoms with E-state index in [9.17, 15) is 5.11 Å². The van der Waals surface area contributed by atoms with Crippen molar-refractivity contribution in [1.29, 1.82) is 0 Å². The van der Waals surface area contributed by atoms with Gasteiger partial charge in [0, 0.05) is 18.5 Å². The standard InChI is InChI=1S/C7H16N2O/c1-6(10,4-8)7(5-9)2-3-7/h10H,2-5,8-9H2,1H3. The minimum absolute atomic E-state index is 0.0538. The second-order valence-corrected chi connectivity index (χ2v) is 3.46. The zero-order chi connectivity index (χ0) is 7.83. The van der Waals surface area contributed by atoms with Crippen LogP contribution in [0.25, 0.3) is 0 Å². The molecule has 1 unspecified atom stereocenters. The second kappa shape index (κ2) is 2.19. The van der Waals surface area contributed by atoms with Crippen LogP contribution in [0.4, 0.5) is 0 Å². The van der Waals surface area contributed by atoms with Gasteiger partial charge in [-0.25, -0.2) is 0 Å². The third-order valence-corrected chi connectivity index (χ3v) is 2.78. The Morgan fingerprint density at radius 2 is 2.00 bits per heavy atom. The molecule has 0 heterocycles. The first kappa shape index (κ1) is 7.98. The molecule has 5 N–H and O–H groups in total. The van der Waals surface area contributed by atoms with Gasteiger partial charge >= 0.3 is 0 Å². The van der Waals surface area contributed by atoms with E-state index in [1.807, 2.05) is 0 Å². The summed E-state index contributed by atoms with van der Waals surface area (Å²) in [7, 11) is 0. The molecule has 60 valence electrons. The number of hydrogen-bond acceptors (Lipinski definition) is 3. The number of nitrogens with two attached hydrogens (primary N) is 2. The lowest BCUT2D eigenvalue weighted by atomic mass is 9.86. The molecule has 1 fully saturated rings. The lowest BCUT2D eigenvalue weighted by Crippen LogP contribution is -2.47. The first-order valence-electron chi connectivity index (χ1n) is 3.70. The van der Waals surface area contributed by atoms with Crippen LogP contribution in [0, 0.1) is 5.41 Å². The van der Waals surface area contributed by atoms with Gasteiger partial charge in [-0.05, 0) is 19.8 Å². The molecule has 0 saturated heterocycles. The van der Waals surface area contributed by atoms with Gasteiger partial charge in [0.15, 0.2) is 0 Å². The first-order chi connectivity index (χ1) is 4.58. The quantitative estimate of drug-likeness (QED) is 0.497. The molecule has 3 nitrogen and oxygen atoms in total. The third kappa shape index (κ3) is 0.944. The van der Waals surface area contributed by atoms with Gasteiger partial charge in [0.1, 0.15) is 0 Å². The number of hydrogen-bond donors (Lipinski definition) is 3. The predicted octanol–water partition coefficient (Wildman–Crippen LogP) is -0.565. The van der Waals surface area contributed by atoms with E-state index in [0.717, 1.165) is 12.8 Å². The van der Waals surface area contributed by atoms with Crippen LogP contribution in [0.5, 0.6) is 0 Å². The van der Waals surface area contributed by atoms with E-state index < -0.39 is 5.60 Å². The maximum absolute atomic E-state index is 9.71. The monoisotopic (exact) mass is 144 g/mol. The highest BCUT2D eigenvalue weighted by atomic mass is 16.3. The normalized spacial score (nSPS) is 27.6. The van der Waals surface area contributed by atoms with Crippen LogP contribution >= 0.6 is 0 Å². The molecular formula is C7H16N2O. The van der Waals surface area contributed by atoms with Gasteiger partial charge < -0.3 is 16.6 Å². The topological polar surface area (TPSA) is 72.3 Å². The minimum atomic E-state index is -0.748. The fraction of sp³-hybridized carbons (Fsp3) is 1.00. The zero-order valence-corrected chi connectivity index (χ0v) is 6.43. The Balaban J connectivity index is 2.62. The van der Waals surface area contributed by atoms with Gasteiger partial charge in [0.05, 0.1) is 5.60 Å². The summed E-state index contributed by atoms with van der Waals surface area (Å²) in [4.78, 5) is 0. The van der Waals surface area contributed by atoms with Crippen LogP contribution in [-0.2, 0) is 0 Å². The second-order valence-electron chi connectivity index (χ2n) is 3.46. The summed E-state index contributed by atoms with van der Waals surface area (Å²) >= 11 is 0. The molecule has 0 aromatic heterocycles. The number of rotatable bonds is 3. The highest BCUT2D eigenvalue weighted by Gasteiger charge is 2.54. The van der Waals surface area contributed by atoms with Crippen LogP contribution in [0.1, 0.15) is 19.8 Å². The Labute approximate surface area is 61.4 Å². The van der Waals surface area contributed by atoms with Crippen molar-refractivity contribution >= 4 is 0 Å². The molecule has 0 aromatic carbocycles. The third-order valence-electron chi connectivity index (χ3n) is 2.78. The molecule has 0 spiro atoms. The van der Waals surface area contributed by atoms with E-state index in [0.29, 0.717) is 13.1 Å². The number of aliphatic hydroxyl groups is 1. The SMILES string of the molecule is CC(O)(CN)C1(CN)CC1. The molecule has 0 bridgehead atoms. The molecule has 1 aliphatic carbocycles. The van der Waals surface area contributed by atoms with E-state index in [4.69, 9.17) is 11.5 Å². The maximum Gasteiger partial charge on any atom is 0.0809 e. The summed E-state index contributed by atoms with van der Waals surface area (Å²) in [5.41, 5.74) is 10.1. The smallest absolute Gasteiger partial charge is 0.0809 e. The molecule has 10 heavy (non-hydrogen) atoms. The molecule has 0 amide bonds. The van der Waals surface area contributed by atoms with Crippen LogP contribution in [0.3, 0.4) is 0 Å². The van der Waals surface area contributed by atoms with Crippen LogP contribution in [-0.4, -0.2) is 23.8 Å². The van der Waals surface area contributed by atoms with Gasteiger partial charge in [-0.3, -0.25) is 0 Å². The van der Waals surface area contributed by atoms with Crippen LogP contribution < -0.4 is 11.5 Å². The van der Waals surface area contributed by atoms with Crippen molar-refractivity contribution in [2.75, 3.05) is 13.1 Å². The van der Waals surface area contributed by atoms with Crippen molar-refractivity contribution in [2.45, 2.75) is 25.4 Å². The van der Waals surface area contributed by atoms with Gasteiger partial charge in [-0.15, -0.1) is 0 Å². The highest BCUT2D eigenvalue weighted by molar-refractivity contribution is 5.07. The Morgan fingerprint density at radius 3 is 2.10 bits per heavy atom. The summed E-state index contributed by atoms with van der Waals surface area (Å²) in [5, 5.41) is 9.71. The summed E-state index contributed by atoms with van der Waals surface area (Å²) in [6.07, 6.45) is 2.04. The molecule has 0 aromatic rings. The van der Waals surface area contributed by atoms with Crippen LogP contribution in [0.2, 0.25) is 0 Å². The van der Waals surface area contributed by atoms with Gasteiger partial charge in [-0.1, -0.05) is 0 Å². The summed E-state index contributed by atoms with van der Waals surface area (Å²) < 4.78 is 0. The Bertz CT molecular complexity index is 126. The Kier molecular flexibility index (Phi) is 1.75. The lowest BCUT2D eigenvalue weighted by molar-refractivity contribution is -0.00304. The largest absolute Gasteiger partial charge is 0.388 e. The lowest BCUT2D eigenvalue weighted by Gasteiger charge is -2.30. The van der Waals surface area contributed by atoms with E-state index in [-0.39, 0.29) is 5.41 Å². The summed E-state index contributed by atoms with van der Waals surface area (Å²) in [6, 6.07) is 0. The molecule has 0 radical (unpaired) electrons. The molecule has 1 atom stereocenters. The molecule has 1 rings (SSSR count). The van der Waals surface area contributed by atoms with E-state index in [2.05, 4.69) is 0 Å². The van der Waals surface area contributed by atoms with E-state index in [1.165, 1.54) is 0 Å². The van der Waals surface area contributed by atoms with Crippen molar-refractivity contribution < 1.29 is 5.11 Å². The molecule has 0 aliphatic heterocycles. The van der Waals surface area contributed by atoms with Crippen molar-refractivity contribution in [2.24, 2.45) is 16.9 Å². The average molecular weight is 144 g/mol. The average Bonchev–Trinajstić information content (AvgIpc) is 2.67. The van der Waals surface area contributed by atoms with Gasteiger partial charge in [0.2, 0.25) is 0 Å². The Hall–Kier alpha value is -0.120. The van der Waals surface area contributed by atoms with Gasteiger partial charge in [0.25, 0.3) is 0 Å². The molecule has 1 saturated carbocycles. The first-order valence-corrected chi connectivity index (χ1v) is 3.70. The van der Waals surface area contributed by atoms with Crippen molar-refractivity contribution in [3.8, 4) is 0 Å². The summed E-state index contributed by atoms with van der Waals surface area (Å²) in [5.74, 6) is 0. The molecule has 3 heteroatoms. The van der Waals surface area contributed by atoms with E-state index >= 15 is 0 Å². The predicted molar refractivity (Wildman–Crippen MR) is 40.4 cm³/mol. The molecule has 1 aliphatic rings. The summed E-state index contributed by atoms with van der Waals surface area (Å²) in [6.45, 7) is 2.63. The van der Waals surface area contributed by atoms with Gasteiger partial charge in [-0.2, -0.15) is 0 Å². The molecular weight excluding hydrogens is 128 g/mol. The van der Waals surface area contributed by atoms with Crippen molar-refractivity contribution in [1.82, 2.24) is 0 Å². The zero-order valence-electron chi connectivity index (χ0n) is 6.43. The minimum Gasteiger partial charge on any atom is -0.388 e.